The second-order valence-electron chi connectivity index (χ2n) is 7.73. The van der Waals surface area contributed by atoms with Gasteiger partial charge in [0.2, 0.25) is 11.1 Å². The molecule has 4 rings (SSSR count). The Balaban J connectivity index is 1.32. The highest BCUT2D eigenvalue weighted by Crippen LogP contribution is 2.49. The van der Waals surface area contributed by atoms with Crippen molar-refractivity contribution in [1.29, 1.82) is 0 Å². The van der Waals surface area contributed by atoms with Gasteiger partial charge in [0.05, 0.1) is 5.25 Å². The number of thioether (sulfide) groups is 1. The van der Waals surface area contributed by atoms with Crippen molar-refractivity contribution in [2.24, 2.45) is 17.8 Å². The van der Waals surface area contributed by atoms with Crippen molar-refractivity contribution in [1.82, 2.24) is 20.5 Å². The second-order valence-corrected chi connectivity index (χ2v) is 9.04. The molecule has 2 aliphatic rings. The average molecular weight is 371 g/mol. The summed E-state index contributed by atoms with van der Waals surface area (Å²) >= 11 is 1.40. The fourth-order valence-electron chi connectivity index (χ4n) is 4.59. The third-order valence-electron chi connectivity index (χ3n) is 5.97. The zero-order valence-electron chi connectivity index (χ0n) is 15.3. The van der Waals surface area contributed by atoms with Crippen molar-refractivity contribution in [2.75, 3.05) is 0 Å². The van der Waals surface area contributed by atoms with Gasteiger partial charge in [-0.05, 0) is 50.9 Å². The first kappa shape index (κ1) is 17.6. The van der Waals surface area contributed by atoms with Gasteiger partial charge in [0.25, 0.3) is 0 Å². The molecule has 0 aliphatic heterocycles. The van der Waals surface area contributed by atoms with E-state index in [0.717, 1.165) is 23.2 Å². The minimum atomic E-state index is -0.213. The van der Waals surface area contributed by atoms with E-state index in [4.69, 9.17) is 0 Å². The standard InChI is InChI=1S/C20H26N4OS/c1-12(17-11-14-8-9-16(17)10-14)21-19(25)13(2)26-20-22-18(23-24-20)15-6-4-3-5-7-15/h3-7,12-14,16-17H,8-11H2,1-2H3,(H,21,25)(H,22,23,24)/t12-,13-,14-,16-,17-/m0/s1. The van der Waals surface area contributed by atoms with Gasteiger partial charge in [0.1, 0.15) is 0 Å². The summed E-state index contributed by atoms with van der Waals surface area (Å²) in [7, 11) is 0. The summed E-state index contributed by atoms with van der Waals surface area (Å²) in [5.41, 5.74) is 0.994. The third kappa shape index (κ3) is 3.65. The number of carbonyl (C=O) groups excluding carboxylic acids is 1. The van der Waals surface area contributed by atoms with Gasteiger partial charge in [-0.3, -0.25) is 9.89 Å². The molecule has 0 saturated heterocycles. The molecule has 1 heterocycles. The first-order valence-electron chi connectivity index (χ1n) is 9.55. The second kappa shape index (κ2) is 7.43. The van der Waals surface area contributed by atoms with Crippen LogP contribution in [-0.4, -0.2) is 32.4 Å². The van der Waals surface area contributed by atoms with E-state index in [1.165, 1.54) is 37.4 Å². The molecule has 2 saturated carbocycles. The van der Waals surface area contributed by atoms with Crippen LogP contribution in [0.25, 0.3) is 11.4 Å². The number of nitrogens with zero attached hydrogens (tertiary/aromatic N) is 2. The number of aromatic nitrogens is 3. The number of benzene rings is 1. The van der Waals surface area contributed by atoms with Gasteiger partial charge in [-0.15, -0.1) is 5.10 Å². The fourth-order valence-corrected chi connectivity index (χ4v) is 5.32. The lowest BCUT2D eigenvalue weighted by Crippen LogP contribution is -2.43. The predicted molar refractivity (Wildman–Crippen MR) is 104 cm³/mol. The molecule has 2 fully saturated rings. The number of hydrogen-bond acceptors (Lipinski definition) is 4. The molecule has 2 N–H and O–H groups in total. The van der Waals surface area contributed by atoms with Crippen molar-refractivity contribution >= 4 is 17.7 Å². The minimum Gasteiger partial charge on any atom is -0.352 e. The summed E-state index contributed by atoms with van der Waals surface area (Å²) in [5, 5.41) is 10.8. The lowest BCUT2D eigenvalue weighted by atomic mass is 9.84. The Hall–Kier alpha value is -1.82. The number of hydrogen-bond donors (Lipinski definition) is 2. The minimum absolute atomic E-state index is 0.0799. The van der Waals surface area contributed by atoms with Crippen LogP contribution < -0.4 is 5.32 Å². The largest absolute Gasteiger partial charge is 0.352 e. The van der Waals surface area contributed by atoms with E-state index in [1.807, 2.05) is 37.3 Å². The van der Waals surface area contributed by atoms with Crippen LogP contribution in [0.15, 0.2) is 35.5 Å². The SMILES string of the molecule is C[C@H](Sc1n[nH]c(-c2ccccc2)n1)C(=O)N[C@@H](C)[C@@H]1C[C@H]2CC[C@H]1C2. The molecule has 5 nitrogen and oxygen atoms in total. The van der Waals surface area contributed by atoms with E-state index < -0.39 is 0 Å². The average Bonchev–Trinajstić information content (AvgIpc) is 3.39. The highest BCUT2D eigenvalue weighted by atomic mass is 32.2. The Labute approximate surface area is 158 Å². The number of H-pyrrole nitrogens is 1. The van der Waals surface area contributed by atoms with Crippen LogP contribution in [0.5, 0.6) is 0 Å². The van der Waals surface area contributed by atoms with E-state index in [2.05, 4.69) is 27.4 Å². The number of amides is 1. The molecule has 1 amide bonds. The maximum Gasteiger partial charge on any atom is 0.233 e. The monoisotopic (exact) mass is 370 g/mol. The van der Waals surface area contributed by atoms with Gasteiger partial charge in [-0.1, -0.05) is 48.5 Å². The molecule has 2 aliphatic carbocycles. The quantitative estimate of drug-likeness (QED) is 0.757. The molecule has 0 spiro atoms. The number of aromatic amines is 1. The third-order valence-corrected chi connectivity index (χ3v) is 6.93. The van der Waals surface area contributed by atoms with E-state index in [-0.39, 0.29) is 17.2 Å². The molecule has 138 valence electrons. The van der Waals surface area contributed by atoms with Crippen molar-refractivity contribution < 1.29 is 4.79 Å². The summed E-state index contributed by atoms with van der Waals surface area (Å²) in [6.07, 6.45) is 5.39. The first-order valence-corrected chi connectivity index (χ1v) is 10.4. The van der Waals surface area contributed by atoms with Crippen LogP contribution in [0.4, 0.5) is 0 Å². The van der Waals surface area contributed by atoms with Crippen molar-refractivity contribution in [3.63, 3.8) is 0 Å². The smallest absolute Gasteiger partial charge is 0.233 e. The summed E-state index contributed by atoms with van der Waals surface area (Å²) in [6.45, 7) is 4.09. The molecule has 2 bridgehead atoms. The van der Waals surface area contributed by atoms with Gasteiger partial charge < -0.3 is 5.32 Å². The van der Waals surface area contributed by atoms with Crippen molar-refractivity contribution in [3.05, 3.63) is 30.3 Å². The summed E-state index contributed by atoms with van der Waals surface area (Å²) in [4.78, 5) is 17.1. The van der Waals surface area contributed by atoms with Crippen molar-refractivity contribution in [3.8, 4) is 11.4 Å². The molecule has 26 heavy (non-hydrogen) atoms. The molecule has 1 aromatic carbocycles. The summed E-state index contributed by atoms with van der Waals surface area (Å²) < 4.78 is 0. The van der Waals surface area contributed by atoms with Crippen LogP contribution in [0.2, 0.25) is 0 Å². The van der Waals surface area contributed by atoms with Crippen LogP contribution in [0, 0.1) is 17.8 Å². The normalized spacial score (nSPS) is 26.6. The summed E-state index contributed by atoms with van der Waals surface area (Å²) in [5.74, 6) is 3.19. The topological polar surface area (TPSA) is 70.7 Å². The number of fused-ring (bicyclic) bond motifs is 2. The van der Waals surface area contributed by atoms with Crippen LogP contribution in [-0.2, 0) is 4.79 Å². The fraction of sp³-hybridized carbons (Fsp3) is 0.550. The molecular weight excluding hydrogens is 344 g/mol. The van der Waals surface area contributed by atoms with Gasteiger partial charge >= 0.3 is 0 Å². The maximum atomic E-state index is 12.6. The van der Waals surface area contributed by atoms with Crippen LogP contribution in [0.3, 0.4) is 0 Å². The Bertz CT molecular complexity index is 762. The Morgan fingerprint density at radius 2 is 2.04 bits per heavy atom. The van der Waals surface area contributed by atoms with Gasteiger partial charge in [-0.25, -0.2) is 4.98 Å². The van der Waals surface area contributed by atoms with E-state index in [1.54, 1.807) is 0 Å². The molecule has 0 unspecified atom stereocenters. The van der Waals surface area contributed by atoms with E-state index in [9.17, 15) is 4.79 Å². The molecule has 5 atom stereocenters. The number of carbonyl (C=O) groups is 1. The van der Waals surface area contributed by atoms with Gasteiger partial charge in [0.15, 0.2) is 5.82 Å². The van der Waals surface area contributed by atoms with E-state index in [0.29, 0.717) is 11.1 Å². The Kier molecular flexibility index (Phi) is 5.02. The maximum absolute atomic E-state index is 12.6. The van der Waals surface area contributed by atoms with Gasteiger partial charge in [0, 0.05) is 11.6 Å². The van der Waals surface area contributed by atoms with Crippen molar-refractivity contribution in [2.45, 2.75) is 56.0 Å². The predicted octanol–water partition coefficient (Wildman–Crippen LogP) is 3.89. The molecule has 1 aromatic heterocycles. The Morgan fingerprint density at radius 1 is 1.23 bits per heavy atom. The first-order chi connectivity index (χ1) is 12.6. The molecule has 6 heteroatoms. The van der Waals surface area contributed by atoms with Gasteiger partial charge in [-0.2, -0.15) is 0 Å². The lowest BCUT2D eigenvalue weighted by Gasteiger charge is -2.29. The highest BCUT2D eigenvalue weighted by Gasteiger charge is 2.42. The van der Waals surface area contributed by atoms with Crippen LogP contribution in [0.1, 0.15) is 39.5 Å². The molecular formula is C20H26N4OS. The molecule has 0 radical (unpaired) electrons. The molecule has 2 aromatic rings. The van der Waals surface area contributed by atoms with Crippen LogP contribution >= 0.6 is 11.8 Å². The highest BCUT2D eigenvalue weighted by molar-refractivity contribution is 8.00. The lowest BCUT2D eigenvalue weighted by molar-refractivity contribution is -0.121. The van der Waals surface area contributed by atoms with E-state index >= 15 is 0 Å². The summed E-state index contributed by atoms with van der Waals surface area (Å²) in [6, 6.07) is 10.1. The number of rotatable bonds is 6. The zero-order chi connectivity index (χ0) is 18.1. The zero-order valence-corrected chi connectivity index (χ0v) is 16.1. The number of nitrogens with one attached hydrogen (secondary N) is 2. The Morgan fingerprint density at radius 3 is 2.73 bits per heavy atom.